The number of esters is 1. The van der Waals surface area contributed by atoms with Crippen molar-refractivity contribution in [1.29, 1.82) is 0 Å². The molecule has 1 unspecified atom stereocenters. The fraction of sp³-hybridized carbons (Fsp3) is 0.562. The summed E-state index contributed by atoms with van der Waals surface area (Å²) in [5.74, 6) is -0.213. The number of rotatable bonds is 9. The van der Waals surface area contributed by atoms with Gasteiger partial charge in [0, 0.05) is 12.3 Å². The van der Waals surface area contributed by atoms with Gasteiger partial charge in [-0.2, -0.15) is 0 Å². The molecule has 0 heterocycles. The van der Waals surface area contributed by atoms with E-state index < -0.39 is 12.2 Å². The molecule has 0 spiro atoms. The van der Waals surface area contributed by atoms with E-state index in [9.17, 15) is 9.90 Å². The average Bonchev–Trinajstić information content (AvgIpc) is 2.44. The van der Waals surface area contributed by atoms with Gasteiger partial charge in [0.05, 0.1) is 31.3 Å². The summed E-state index contributed by atoms with van der Waals surface area (Å²) < 4.78 is 10.8. The van der Waals surface area contributed by atoms with Crippen molar-refractivity contribution in [3.8, 4) is 0 Å². The highest BCUT2D eigenvalue weighted by molar-refractivity contribution is 6.18. The third-order valence-electron chi connectivity index (χ3n) is 2.80. The highest BCUT2D eigenvalue weighted by atomic mass is 35.5. The summed E-state index contributed by atoms with van der Waals surface area (Å²) in [7, 11) is 0. The molecule has 2 atom stereocenters. The maximum Gasteiger partial charge on any atom is 0.308 e. The maximum atomic E-state index is 11.7. The van der Waals surface area contributed by atoms with Crippen molar-refractivity contribution in [2.75, 3.05) is 5.88 Å². The summed E-state index contributed by atoms with van der Waals surface area (Å²) in [6.07, 6.45) is -0.850. The predicted molar refractivity (Wildman–Crippen MR) is 82.2 cm³/mol. The molecule has 0 aliphatic heterocycles. The number of ether oxygens (including phenoxy) is 2. The standard InChI is InChI=1S/C16H23ClO4/c1-12(2)21-16(19)9-15(8-14(18)10-17)20-11-13-6-4-3-5-7-13/h3-7,12,14-15,18H,8-11H2,1-2H3/t14?,15-/m1/s1. The normalized spacial score (nSPS) is 14.0. The molecule has 118 valence electrons. The van der Waals surface area contributed by atoms with Crippen molar-refractivity contribution in [3.05, 3.63) is 35.9 Å². The molecule has 1 N–H and O–H groups in total. The average molecular weight is 315 g/mol. The number of alkyl halides is 1. The summed E-state index contributed by atoms with van der Waals surface area (Å²) >= 11 is 5.61. The van der Waals surface area contributed by atoms with Gasteiger partial charge in [0.15, 0.2) is 0 Å². The van der Waals surface area contributed by atoms with Crippen molar-refractivity contribution in [2.24, 2.45) is 0 Å². The number of aliphatic hydroxyl groups is 1. The summed E-state index contributed by atoms with van der Waals surface area (Å²) in [6, 6.07) is 9.67. The van der Waals surface area contributed by atoms with Crippen LogP contribution >= 0.6 is 11.6 Å². The second-order valence-electron chi connectivity index (χ2n) is 5.21. The molecular formula is C16H23ClO4. The first-order valence-corrected chi connectivity index (χ1v) is 7.63. The van der Waals surface area contributed by atoms with Gasteiger partial charge in [0.1, 0.15) is 0 Å². The lowest BCUT2D eigenvalue weighted by atomic mass is 10.1. The van der Waals surface area contributed by atoms with E-state index in [2.05, 4.69) is 0 Å². The molecule has 1 aromatic rings. The number of hydrogen-bond donors (Lipinski definition) is 1. The quantitative estimate of drug-likeness (QED) is 0.562. The first-order chi connectivity index (χ1) is 10.0. The lowest BCUT2D eigenvalue weighted by Crippen LogP contribution is -2.26. The van der Waals surface area contributed by atoms with Crippen molar-refractivity contribution in [1.82, 2.24) is 0 Å². The highest BCUT2D eigenvalue weighted by Crippen LogP contribution is 2.13. The van der Waals surface area contributed by atoms with E-state index >= 15 is 0 Å². The lowest BCUT2D eigenvalue weighted by Gasteiger charge is -2.20. The van der Waals surface area contributed by atoms with Crippen molar-refractivity contribution < 1.29 is 19.4 Å². The smallest absolute Gasteiger partial charge is 0.308 e. The predicted octanol–water partition coefficient (Wildman–Crippen LogP) is 2.90. The third kappa shape index (κ3) is 8.05. The Hall–Kier alpha value is -1.10. The van der Waals surface area contributed by atoms with Crippen LogP contribution in [0.3, 0.4) is 0 Å². The van der Waals surface area contributed by atoms with E-state index in [1.54, 1.807) is 13.8 Å². The molecule has 5 heteroatoms. The van der Waals surface area contributed by atoms with Crippen LogP contribution in [0.1, 0.15) is 32.3 Å². The van der Waals surface area contributed by atoms with Crippen LogP contribution in [0.4, 0.5) is 0 Å². The molecule has 4 nitrogen and oxygen atoms in total. The molecule has 21 heavy (non-hydrogen) atoms. The number of carbonyl (C=O) groups is 1. The molecule has 1 aromatic carbocycles. The highest BCUT2D eigenvalue weighted by Gasteiger charge is 2.20. The van der Waals surface area contributed by atoms with E-state index in [1.807, 2.05) is 30.3 Å². The monoisotopic (exact) mass is 314 g/mol. The first kappa shape index (κ1) is 18.0. The van der Waals surface area contributed by atoms with Crippen LogP contribution in [0.15, 0.2) is 30.3 Å². The zero-order chi connectivity index (χ0) is 15.7. The molecule has 0 aliphatic rings. The Morgan fingerprint density at radius 3 is 2.52 bits per heavy atom. The maximum absolute atomic E-state index is 11.7. The minimum atomic E-state index is -0.695. The van der Waals surface area contributed by atoms with Crippen LogP contribution in [0.2, 0.25) is 0 Å². The number of hydrogen-bond acceptors (Lipinski definition) is 4. The minimum absolute atomic E-state index is 0.110. The van der Waals surface area contributed by atoms with Gasteiger partial charge in [0.2, 0.25) is 0 Å². The van der Waals surface area contributed by atoms with Gasteiger partial charge in [-0.05, 0) is 19.4 Å². The molecule has 0 aromatic heterocycles. The number of aliphatic hydroxyl groups excluding tert-OH is 1. The zero-order valence-corrected chi connectivity index (χ0v) is 13.3. The number of halogens is 1. The molecular weight excluding hydrogens is 292 g/mol. The Balaban J connectivity index is 2.53. The SMILES string of the molecule is CC(C)OC(=O)C[C@@H](CC(O)CCl)OCc1ccccc1. The first-order valence-electron chi connectivity index (χ1n) is 7.10. The third-order valence-corrected chi connectivity index (χ3v) is 3.16. The fourth-order valence-electron chi connectivity index (χ4n) is 1.86. The molecule has 0 aliphatic carbocycles. The van der Waals surface area contributed by atoms with Crippen molar-refractivity contribution in [3.63, 3.8) is 0 Å². The molecule has 0 amide bonds. The Bertz CT molecular complexity index is 408. The summed E-state index contributed by atoms with van der Waals surface area (Å²) in [4.78, 5) is 11.7. The van der Waals surface area contributed by atoms with E-state index in [0.29, 0.717) is 13.0 Å². The van der Waals surface area contributed by atoms with Crippen molar-refractivity contribution in [2.45, 2.75) is 51.6 Å². The molecule has 0 radical (unpaired) electrons. The zero-order valence-electron chi connectivity index (χ0n) is 12.5. The van der Waals surface area contributed by atoms with Gasteiger partial charge in [0.25, 0.3) is 0 Å². The fourth-order valence-corrected chi connectivity index (χ4v) is 1.99. The molecule has 0 saturated carbocycles. The second kappa shape index (κ2) is 9.77. The molecule has 0 fully saturated rings. The Labute approximate surface area is 131 Å². The van der Waals surface area contributed by atoms with Crippen LogP contribution < -0.4 is 0 Å². The van der Waals surface area contributed by atoms with Gasteiger partial charge >= 0.3 is 5.97 Å². The van der Waals surface area contributed by atoms with Gasteiger partial charge in [-0.3, -0.25) is 4.79 Å². The Kier molecular flexibility index (Phi) is 8.35. The Morgan fingerprint density at radius 2 is 1.95 bits per heavy atom. The summed E-state index contributed by atoms with van der Waals surface area (Å²) in [5.41, 5.74) is 1.01. The second-order valence-corrected chi connectivity index (χ2v) is 5.51. The van der Waals surface area contributed by atoms with E-state index in [4.69, 9.17) is 21.1 Å². The van der Waals surface area contributed by atoms with Gasteiger partial charge < -0.3 is 14.6 Å². The molecule has 1 rings (SSSR count). The number of carbonyl (C=O) groups excluding carboxylic acids is 1. The van der Waals surface area contributed by atoms with E-state index in [1.165, 1.54) is 0 Å². The topological polar surface area (TPSA) is 55.8 Å². The van der Waals surface area contributed by atoms with Gasteiger partial charge in [-0.15, -0.1) is 11.6 Å². The largest absolute Gasteiger partial charge is 0.463 e. The molecule has 0 bridgehead atoms. The van der Waals surface area contributed by atoms with Crippen LogP contribution in [0, 0.1) is 0 Å². The van der Waals surface area contributed by atoms with Crippen LogP contribution in [0.5, 0.6) is 0 Å². The summed E-state index contributed by atoms with van der Waals surface area (Å²) in [6.45, 7) is 3.98. The van der Waals surface area contributed by atoms with Crippen LogP contribution in [-0.4, -0.2) is 35.3 Å². The molecule has 0 saturated heterocycles. The van der Waals surface area contributed by atoms with E-state index in [-0.39, 0.29) is 24.4 Å². The van der Waals surface area contributed by atoms with E-state index in [0.717, 1.165) is 5.56 Å². The van der Waals surface area contributed by atoms with Gasteiger partial charge in [-0.25, -0.2) is 0 Å². The minimum Gasteiger partial charge on any atom is -0.463 e. The Morgan fingerprint density at radius 1 is 1.29 bits per heavy atom. The summed E-state index contributed by atoms with van der Waals surface area (Å²) in [5, 5.41) is 9.66. The van der Waals surface area contributed by atoms with Crippen LogP contribution in [0.25, 0.3) is 0 Å². The van der Waals surface area contributed by atoms with Gasteiger partial charge in [-0.1, -0.05) is 30.3 Å². The van der Waals surface area contributed by atoms with Crippen molar-refractivity contribution >= 4 is 17.6 Å². The number of benzene rings is 1. The van der Waals surface area contributed by atoms with Crippen LogP contribution in [-0.2, 0) is 20.9 Å². The lowest BCUT2D eigenvalue weighted by molar-refractivity contribution is -0.151.